The molecule has 3 heterocycles. The first-order valence-corrected chi connectivity index (χ1v) is 7.91. The van der Waals surface area contributed by atoms with Crippen molar-refractivity contribution in [2.45, 2.75) is 25.8 Å². The second-order valence-electron chi connectivity index (χ2n) is 6.21. The van der Waals surface area contributed by atoms with Gasteiger partial charge in [0.05, 0.1) is 12.1 Å². The Balaban J connectivity index is 1.89. The van der Waals surface area contributed by atoms with Gasteiger partial charge in [-0.25, -0.2) is 9.97 Å². The zero-order chi connectivity index (χ0) is 17.3. The number of likely N-dealkylation sites (N-methyl/N-ethyl adjacent to an activating group) is 1. The monoisotopic (exact) mass is 328 g/mol. The van der Waals surface area contributed by atoms with Crippen molar-refractivity contribution in [3.05, 3.63) is 12.5 Å². The number of aromatic nitrogens is 3. The van der Waals surface area contributed by atoms with Crippen molar-refractivity contribution in [3.63, 3.8) is 0 Å². The van der Waals surface area contributed by atoms with E-state index in [4.69, 9.17) is 5.26 Å². The van der Waals surface area contributed by atoms with Crippen molar-refractivity contribution in [1.82, 2.24) is 19.9 Å². The molecule has 0 bridgehead atoms. The first-order valence-electron chi connectivity index (χ1n) is 7.91. The topological polar surface area (TPSA) is 109 Å². The van der Waals surface area contributed by atoms with Crippen molar-refractivity contribution in [3.8, 4) is 11.8 Å². The highest BCUT2D eigenvalue weighted by molar-refractivity contribution is 5.93. The molecule has 2 atom stereocenters. The molecule has 8 nitrogen and oxygen atoms in total. The van der Waals surface area contributed by atoms with Gasteiger partial charge in [0.25, 0.3) is 0 Å². The Morgan fingerprint density at radius 1 is 1.58 bits per heavy atom. The van der Waals surface area contributed by atoms with Crippen LogP contribution in [0.2, 0.25) is 0 Å². The molecule has 1 fully saturated rings. The Kier molecular flexibility index (Phi) is 4.25. The summed E-state index contributed by atoms with van der Waals surface area (Å²) in [5.74, 6) is 0.950. The Hall–Kier alpha value is -2.82. The van der Waals surface area contributed by atoms with E-state index < -0.39 is 0 Å². The molecule has 126 valence electrons. The second-order valence-corrected chi connectivity index (χ2v) is 6.21. The van der Waals surface area contributed by atoms with Crippen LogP contribution in [0.15, 0.2) is 12.5 Å². The molecule has 1 amide bonds. The first-order chi connectivity index (χ1) is 11.5. The van der Waals surface area contributed by atoms with E-state index in [9.17, 15) is 9.90 Å². The summed E-state index contributed by atoms with van der Waals surface area (Å²) in [6, 6.07) is 1.97. The van der Waals surface area contributed by atoms with Crippen LogP contribution >= 0.6 is 0 Å². The lowest BCUT2D eigenvalue weighted by Gasteiger charge is -2.42. The van der Waals surface area contributed by atoms with Gasteiger partial charge in [0.15, 0.2) is 0 Å². The highest BCUT2D eigenvalue weighted by Crippen LogP contribution is 2.33. The second kappa shape index (κ2) is 6.35. The molecule has 8 heteroatoms. The number of anilines is 1. The number of nitriles is 1. The van der Waals surface area contributed by atoms with E-state index >= 15 is 0 Å². The van der Waals surface area contributed by atoms with E-state index in [1.807, 2.05) is 18.0 Å². The van der Waals surface area contributed by atoms with Crippen LogP contribution in [0.3, 0.4) is 0 Å². The lowest BCUT2D eigenvalue weighted by atomic mass is 9.92. The number of H-pyrrole nitrogens is 1. The Morgan fingerprint density at radius 3 is 3.12 bits per heavy atom. The van der Waals surface area contributed by atoms with E-state index in [0.29, 0.717) is 35.9 Å². The average Bonchev–Trinajstić information content (AvgIpc) is 2.96. The number of hydrogen-bond acceptors (Lipinski definition) is 6. The zero-order valence-corrected chi connectivity index (χ0v) is 13.7. The van der Waals surface area contributed by atoms with Crippen molar-refractivity contribution < 1.29 is 9.90 Å². The average molecular weight is 328 g/mol. The molecule has 0 radical (unpaired) electrons. The number of aromatic hydroxyl groups is 1. The maximum absolute atomic E-state index is 12.0. The van der Waals surface area contributed by atoms with E-state index in [-0.39, 0.29) is 24.1 Å². The van der Waals surface area contributed by atoms with Gasteiger partial charge in [-0.05, 0) is 12.3 Å². The lowest BCUT2D eigenvalue weighted by Crippen LogP contribution is -2.52. The molecule has 0 saturated carbocycles. The maximum atomic E-state index is 12.0. The van der Waals surface area contributed by atoms with Crippen LogP contribution in [0.5, 0.6) is 5.75 Å². The third kappa shape index (κ3) is 2.73. The number of aromatic amines is 1. The summed E-state index contributed by atoms with van der Waals surface area (Å²) in [5, 5.41) is 19.4. The van der Waals surface area contributed by atoms with Gasteiger partial charge in [0.2, 0.25) is 5.91 Å². The molecule has 24 heavy (non-hydrogen) atoms. The van der Waals surface area contributed by atoms with Gasteiger partial charge in [0.1, 0.15) is 35.3 Å². The number of likely N-dealkylation sites (tertiary alicyclic amines) is 1. The Labute approximate surface area is 139 Å². The number of nitrogens with one attached hydrogen (secondary N) is 1. The van der Waals surface area contributed by atoms with Gasteiger partial charge in [-0.2, -0.15) is 5.26 Å². The number of carbonyl (C=O) groups is 1. The predicted molar refractivity (Wildman–Crippen MR) is 88.3 cm³/mol. The van der Waals surface area contributed by atoms with Crippen LogP contribution < -0.4 is 4.90 Å². The molecule has 0 spiro atoms. The van der Waals surface area contributed by atoms with Crippen LogP contribution in [-0.2, 0) is 4.79 Å². The number of hydrogen-bond donors (Lipinski definition) is 2. The Morgan fingerprint density at radius 2 is 2.38 bits per heavy atom. The van der Waals surface area contributed by atoms with Gasteiger partial charge in [-0.15, -0.1) is 0 Å². The van der Waals surface area contributed by atoms with Crippen LogP contribution in [-0.4, -0.2) is 57.0 Å². The number of carbonyl (C=O) groups excluding carboxylic acids is 1. The highest BCUT2D eigenvalue weighted by atomic mass is 16.3. The summed E-state index contributed by atoms with van der Waals surface area (Å²) in [7, 11) is 1.91. The molecule has 1 aliphatic rings. The SMILES string of the molecule is CC1CCN(C(=O)CC#N)CC1N(C)c1ncnc2[nH]cc(O)c12. The van der Waals surface area contributed by atoms with E-state index in [1.165, 1.54) is 12.5 Å². The van der Waals surface area contributed by atoms with Gasteiger partial charge in [-0.1, -0.05) is 6.92 Å². The fourth-order valence-electron chi connectivity index (χ4n) is 3.31. The standard InChI is InChI=1S/C16H20N6O2/c1-10-4-6-22(13(24)3-5-17)8-11(10)21(2)16-14-12(23)7-18-15(14)19-9-20-16/h7,9-11,23H,3-4,6,8H2,1-2H3,(H,18,19,20). The van der Waals surface area contributed by atoms with Gasteiger partial charge < -0.3 is 19.9 Å². The van der Waals surface area contributed by atoms with E-state index in [0.717, 1.165) is 6.42 Å². The van der Waals surface area contributed by atoms with Crippen molar-refractivity contribution >= 4 is 22.8 Å². The molecule has 2 aromatic heterocycles. The third-order valence-corrected chi connectivity index (χ3v) is 4.76. The van der Waals surface area contributed by atoms with Crippen molar-refractivity contribution in [2.24, 2.45) is 5.92 Å². The van der Waals surface area contributed by atoms with Crippen molar-refractivity contribution in [2.75, 3.05) is 25.0 Å². The predicted octanol–water partition coefficient (Wildman–Crippen LogP) is 1.25. The fourth-order valence-corrected chi connectivity index (χ4v) is 3.31. The smallest absolute Gasteiger partial charge is 0.236 e. The number of rotatable bonds is 3. The first kappa shape index (κ1) is 16.1. The van der Waals surface area contributed by atoms with Crippen LogP contribution in [0, 0.1) is 17.2 Å². The van der Waals surface area contributed by atoms with Crippen LogP contribution in [0.4, 0.5) is 5.82 Å². The minimum Gasteiger partial charge on any atom is -0.506 e. The minimum atomic E-state index is -0.139. The fraction of sp³-hybridized carbons (Fsp3) is 0.500. The number of piperidine rings is 1. The molecule has 3 rings (SSSR count). The molecular weight excluding hydrogens is 308 g/mol. The van der Waals surface area contributed by atoms with Gasteiger partial charge >= 0.3 is 0 Å². The molecule has 0 aromatic carbocycles. The van der Waals surface area contributed by atoms with Crippen LogP contribution in [0.25, 0.3) is 11.0 Å². The molecule has 1 aliphatic heterocycles. The largest absolute Gasteiger partial charge is 0.506 e. The molecule has 2 N–H and O–H groups in total. The lowest BCUT2D eigenvalue weighted by molar-refractivity contribution is -0.131. The van der Waals surface area contributed by atoms with E-state index in [1.54, 1.807) is 4.90 Å². The number of fused-ring (bicyclic) bond motifs is 1. The number of amides is 1. The molecule has 1 saturated heterocycles. The third-order valence-electron chi connectivity index (χ3n) is 4.76. The van der Waals surface area contributed by atoms with Crippen molar-refractivity contribution in [1.29, 1.82) is 5.26 Å². The number of nitrogens with zero attached hydrogens (tertiary/aromatic N) is 5. The molecular formula is C16H20N6O2. The normalized spacial score (nSPS) is 20.8. The zero-order valence-electron chi connectivity index (χ0n) is 13.7. The summed E-state index contributed by atoms with van der Waals surface area (Å²) in [6.07, 6.45) is 3.71. The maximum Gasteiger partial charge on any atom is 0.236 e. The summed E-state index contributed by atoms with van der Waals surface area (Å²) in [6.45, 7) is 3.35. The quantitative estimate of drug-likeness (QED) is 0.877. The summed E-state index contributed by atoms with van der Waals surface area (Å²) < 4.78 is 0. The van der Waals surface area contributed by atoms with E-state index in [2.05, 4.69) is 21.9 Å². The molecule has 2 unspecified atom stereocenters. The van der Waals surface area contributed by atoms with Gasteiger partial charge in [0, 0.05) is 26.3 Å². The summed E-state index contributed by atoms with van der Waals surface area (Å²) >= 11 is 0. The summed E-state index contributed by atoms with van der Waals surface area (Å²) in [4.78, 5) is 27.1. The molecule has 2 aromatic rings. The van der Waals surface area contributed by atoms with Crippen LogP contribution in [0.1, 0.15) is 19.8 Å². The Bertz CT molecular complexity index is 795. The van der Waals surface area contributed by atoms with Gasteiger partial charge in [-0.3, -0.25) is 4.79 Å². The summed E-state index contributed by atoms with van der Waals surface area (Å²) in [5.41, 5.74) is 0.574. The highest BCUT2D eigenvalue weighted by Gasteiger charge is 2.33. The minimum absolute atomic E-state index is 0.0498. The molecule has 0 aliphatic carbocycles.